The molecule has 1 N–H and O–H groups in total. The SMILES string of the molecule is CCCC1CN(c2c(C)cc(Br)cc2C)CCN1. The molecule has 1 unspecified atom stereocenters. The molecule has 0 spiro atoms. The predicted molar refractivity (Wildman–Crippen MR) is 82.5 cm³/mol. The van der Waals surface area contributed by atoms with Crippen LogP contribution < -0.4 is 10.2 Å². The number of nitrogens with one attached hydrogen (secondary N) is 1. The van der Waals surface area contributed by atoms with Gasteiger partial charge < -0.3 is 10.2 Å². The van der Waals surface area contributed by atoms with E-state index in [0.717, 1.165) is 19.6 Å². The molecule has 100 valence electrons. The van der Waals surface area contributed by atoms with Crippen LogP contribution in [0.1, 0.15) is 30.9 Å². The Kier molecular flexibility index (Phi) is 4.68. The number of nitrogens with zero attached hydrogens (tertiary/aromatic N) is 1. The molecule has 2 nitrogen and oxygen atoms in total. The van der Waals surface area contributed by atoms with Crippen LogP contribution in [0.4, 0.5) is 5.69 Å². The van der Waals surface area contributed by atoms with Gasteiger partial charge in [-0.2, -0.15) is 0 Å². The molecule has 1 atom stereocenters. The second kappa shape index (κ2) is 6.07. The molecular formula is C15H23BrN2. The molecule has 1 saturated heterocycles. The Hall–Kier alpha value is -0.540. The quantitative estimate of drug-likeness (QED) is 0.917. The molecule has 1 aromatic rings. The molecule has 1 heterocycles. The number of hydrogen-bond acceptors (Lipinski definition) is 2. The van der Waals surface area contributed by atoms with Crippen molar-refractivity contribution in [1.82, 2.24) is 5.32 Å². The van der Waals surface area contributed by atoms with Gasteiger partial charge in [0.15, 0.2) is 0 Å². The van der Waals surface area contributed by atoms with E-state index in [1.54, 1.807) is 0 Å². The van der Waals surface area contributed by atoms with Crippen LogP contribution in [-0.4, -0.2) is 25.7 Å². The fourth-order valence-electron chi connectivity index (χ4n) is 2.97. The maximum atomic E-state index is 3.62. The number of piperazine rings is 1. The number of aryl methyl sites for hydroxylation is 2. The summed E-state index contributed by atoms with van der Waals surface area (Å²) in [5.41, 5.74) is 4.18. The summed E-state index contributed by atoms with van der Waals surface area (Å²) in [6.45, 7) is 10.0. The molecule has 1 aliphatic heterocycles. The van der Waals surface area contributed by atoms with Gasteiger partial charge in [-0.15, -0.1) is 0 Å². The lowest BCUT2D eigenvalue weighted by atomic mass is 10.0. The topological polar surface area (TPSA) is 15.3 Å². The van der Waals surface area contributed by atoms with E-state index in [-0.39, 0.29) is 0 Å². The Labute approximate surface area is 119 Å². The van der Waals surface area contributed by atoms with Gasteiger partial charge in [-0.1, -0.05) is 29.3 Å². The Balaban J connectivity index is 2.20. The summed E-state index contributed by atoms with van der Waals surface area (Å²) >= 11 is 3.58. The Morgan fingerprint density at radius 1 is 1.33 bits per heavy atom. The Bertz CT molecular complexity index is 392. The molecule has 18 heavy (non-hydrogen) atoms. The van der Waals surface area contributed by atoms with Gasteiger partial charge in [0.05, 0.1) is 0 Å². The molecule has 3 heteroatoms. The van der Waals surface area contributed by atoms with E-state index >= 15 is 0 Å². The maximum Gasteiger partial charge on any atom is 0.0427 e. The lowest BCUT2D eigenvalue weighted by Gasteiger charge is -2.37. The van der Waals surface area contributed by atoms with Crippen molar-refractivity contribution in [2.24, 2.45) is 0 Å². The average Bonchev–Trinajstić information content (AvgIpc) is 2.28. The maximum absolute atomic E-state index is 3.62. The van der Waals surface area contributed by atoms with Crippen molar-refractivity contribution in [2.45, 2.75) is 39.7 Å². The van der Waals surface area contributed by atoms with Crippen LogP contribution in [0.3, 0.4) is 0 Å². The first-order chi connectivity index (χ1) is 8.61. The van der Waals surface area contributed by atoms with Gasteiger partial charge in [0, 0.05) is 35.8 Å². The zero-order valence-electron chi connectivity index (χ0n) is 11.6. The second-order valence-electron chi connectivity index (χ2n) is 5.27. The molecule has 0 radical (unpaired) electrons. The van der Waals surface area contributed by atoms with E-state index in [4.69, 9.17) is 0 Å². The third kappa shape index (κ3) is 3.07. The smallest absolute Gasteiger partial charge is 0.0427 e. The van der Waals surface area contributed by atoms with Gasteiger partial charge in [0.2, 0.25) is 0 Å². The van der Waals surface area contributed by atoms with Gasteiger partial charge in [0.25, 0.3) is 0 Å². The van der Waals surface area contributed by atoms with Crippen molar-refractivity contribution < 1.29 is 0 Å². The molecule has 1 fully saturated rings. The monoisotopic (exact) mass is 310 g/mol. The molecule has 0 aromatic heterocycles. The summed E-state index contributed by atoms with van der Waals surface area (Å²) < 4.78 is 1.18. The third-order valence-corrected chi connectivity index (χ3v) is 4.12. The molecule has 0 saturated carbocycles. The highest BCUT2D eigenvalue weighted by atomic mass is 79.9. The molecule has 0 amide bonds. The van der Waals surface area contributed by atoms with Gasteiger partial charge in [-0.05, 0) is 43.5 Å². The van der Waals surface area contributed by atoms with Crippen molar-refractivity contribution in [3.63, 3.8) is 0 Å². The van der Waals surface area contributed by atoms with E-state index in [2.05, 4.69) is 59.1 Å². The second-order valence-corrected chi connectivity index (χ2v) is 6.19. The van der Waals surface area contributed by atoms with Crippen LogP contribution in [0.25, 0.3) is 0 Å². The number of halogens is 1. The Morgan fingerprint density at radius 3 is 2.61 bits per heavy atom. The number of anilines is 1. The standard InChI is InChI=1S/C15H23BrN2/c1-4-5-14-10-18(7-6-17-14)15-11(2)8-13(16)9-12(15)3/h8-9,14,17H,4-7,10H2,1-3H3. The summed E-state index contributed by atoms with van der Waals surface area (Å²) in [4.78, 5) is 2.55. The lowest BCUT2D eigenvalue weighted by Crippen LogP contribution is -2.51. The highest BCUT2D eigenvalue weighted by molar-refractivity contribution is 9.10. The van der Waals surface area contributed by atoms with Crippen LogP contribution in [0.5, 0.6) is 0 Å². The normalized spacial score (nSPS) is 20.2. The van der Waals surface area contributed by atoms with Crippen molar-refractivity contribution in [2.75, 3.05) is 24.5 Å². The molecular weight excluding hydrogens is 288 g/mol. The summed E-state index contributed by atoms with van der Waals surface area (Å²) in [5.74, 6) is 0. The fourth-order valence-corrected chi connectivity index (χ4v) is 3.66. The lowest BCUT2D eigenvalue weighted by molar-refractivity contribution is 0.430. The van der Waals surface area contributed by atoms with E-state index < -0.39 is 0 Å². The number of rotatable bonds is 3. The summed E-state index contributed by atoms with van der Waals surface area (Å²) in [7, 11) is 0. The summed E-state index contributed by atoms with van der Waals surface area (Å²) in [6.07, 6.45) is 2.52. The average molecular weight is 311 g/mol. The number of hydrogen-bond donors (Lipinski definition) is 1. The zero-order chi connectivity index (χ0) is 13.1. The van der Waals surface area contributed by atoms with Crippen molar-refractivity contribution >= 4 is 21.6 Å². The van der Waals surface area contributed by atoms with E-state index in [9.17, 15) is 0 Å². The summed E-state index contributed by atoms with van der Waals surface area (Å²) in [5, 5.41) is 3.62. The van der Waals surface area contributed by atoms with Crippen LogP contribution in [0, 0.1) is 13.8 Å². The summed E-state index contributed by atoms with van der Waals surface area (Å²) in [6, 6.07) is 5.09. The van der Waals surface area contributed by atoms with Gasteiger partial charge in [-0.25, -0.2) is 0 Å². The van der Waals surface area contributed by atoms with E-state index in [1.807, 2.05) is 0 Å². The number of benzene rings is 1. The van der Waals surface area contributed by atoms with Crippen molar-refractivity contribution in [1.29, 1.82) is 0 Å². The zero-order valence-corrected chi connectivity index (χ0v) is 13.2. The van der Waals surface area contributed by atoms with Gasteiger partial charge >= 0.3 is 0 Å². The van der Waals surface area contributed by atoms with E-state index in [1.165, 1.54) is 34.1 Å². The van der Waals surface area contributed by atoms with Crippen molar-refractivity contribution in [3.05, 3.63) is 27.7 Å². The van der Waals surface area contributed by atoms with Crippen LogP contribution in [0.15, 0.2) is 16.6 Å². The largest absolute Gasteiger partial charge is 0.368 e. The first-order valence-corrected chi connectivity index (χ1v) is 7.66. The van der Waals surface area contributed by atoms with Crippen LogP contribution in [0.2, 0.25) is 0 Å². The molecule has 0 bridgehead atoms. The first-order valence-electron chi connectivity index (χ1n) is 6.87. The van der Waals surface area contributed by atoms with E-state index in [0.29, 0.717) is 6.04 Å². The fraction of sp³-hybridized carbons (Fsp3) is 0.600. The van der Waals surface area contributed by atoms with Crippen LogP contribution in [-0.2, 0) is 0 Å². The molecule has 0 aliphatic carbocycles. The molecule has 1 aliphatic rings. The third-order valence-electron chi connectivity index (χ3n) is 3.66. The minimum atomic E-state index is 0.645. The minimum absolute atomic E-state index is 0.645. The molecule has 1 aromatic carbocycles. The van der Waals surface area contributed by atoms with Crippen LogP contribution >= 0.6 is 15.9 Å². The molecule has 2 rings (SSSR count). The minimum Gasteiger partial charge on any atom is -0.368 e. The highest BCUT2D eigenvalue weighted by Crippen LogP contribution is 2.29. The predicted octanol–water partition coefficient (Wildman–Crippen LogP) is 3.64. The van der Waals surface area contributed by atoms with Crippen molar-refractivity contribution in [3.8, 4) is 0 Å². The highest BCUT2D eigenvalue weighted by Gasteiger charge is 2.21. The van der Waals surface area contributed by atoms with Gasteiger partial charge in [0.1, 0.15) is 0 Å². The van der Waals surface area contributed by atoms with Gasteiger partial charge in [-0.3, -0.25) is 0 Å². The first kappa shape index (κ1) is 13.9. The Morgan fingerprint density at radius 2 is 2.00 bits per heavy atom.